The molecule has 160 valence electrons. The van der Waals surface area contributed by atoms with E-state index >= 15 is 0 Å². The van der Waals surface area contributed by atoms with Gasteiger partial charge in [0, 0.05) is 32.0 Å². The first-order valence-electron chi connectivity index (χ1n) is 9.61. The monoisotopic (exact) mass is 531 g/mol. The molecule has 0 radical (unpaired) electrons. The molecule has 1 saturated heterocycles. The Morgan fingerprint density at radius 2 is 2.03 bits per heavy atom. The molecular formula is C20H30IN5O2S. The third-order valence-electron chi connectivity index (χ3n) is 4.98. The summed E-state index contributed by atoms with van der Waals surface area (Å²) in [5.41, 5.74) is 2.29. The van der Waals surface area contributed by atoms with Crippen molar-refractivity contribution < 1.29 is 8.42 Å². The van der Waals surface area contributed by atoms with Crippen molar-refractivity contribution in [1.82, 2.24) is 20.0 Å². The van der Waals surface area contributed by atoms with E-state index in [0.29, 0.717) is 19.6 Å². The van der Waals surface area contributed by atoms with Gasteiger partial charge >= 0.3 is 0 Å². The first-order chi connectivity index (χ1) is 13.3. The topological polar surface area (TPSA) is 79.6 Å². The summed E-state index contributed by atoms with van der Waals surface area (Å²) >= 11 is 0. The Morgan fingerprint density at radius 1 is 1.28 bits per heavy atom. The first kappa shape index (κ1) is 23.7. The standard InChI is InChI=1S/C20H29N5O2S.HI/c1-4-21-19(24-11-12-28(26,27)20(2,3)16-24)22-14-17-7-5-8-18(13-17)15-25-10-6-9-23-25;/h5-10,13H,4,11-12,14-16H2,1-3H3,(H,21,22);1H. The number of sulfone groups is 1. The van der Waals surface area contributed by atoms with Gasteiger partial charge in [0.05, 0.1) is 23.6 Å². The first-order valence-corrected chi connectivity index (χ1v) is 11.3. The normalized spacial score (nSPS) is 18.2. The van der Waals surface area contributed by atoms with Crippen molar-refractivity contribution in [3.8, 4) is 0 Å². The summed E-state index contributed by atoms with van der Waals surface area (Å²) in [6, 6.07) is 10.2. The third kappa shape index (κ3) is 5.94. The van der Waals surface area contributed by atoms with Crippen LogP contribution in [0.3, 0.4) is 0 Å². The van der Waals surface area contributed by atoms with E-state index in [0.717, 1.165) is 24.6 Å². The molecule has 0 spiro atoms. The van der Waals surface area contributed by atoms with Crippen LogP contribution in [0, 0.1) is 0 Å². The molecule has 1 aromatic heterocycles. The van der Waals surface area contributed by atoms with Crippen LogP contribution in [-0.4, -0.2) is 59.2 Å². The largest absolute Gasteiger partial charge is 0.357 e. The number of aliphatic imine (C=N–C) groups is 1. The Morgan fingerprint density at radius 3 is 2.69 bits per heavy atom. The fourth-order valence-electron chi connectivity index (χ4n) is 3.32. The highest BCUT2D eigenvalue weighted by Crippen LogP contribution is 2.23. The molecule has 9 heteroatoms. The second kappa shape index (κ2) is 9.92. The maximum atomic E-state index is 12.3. The summed E-state index contributed by atoms with van der Waals surface area (Å²) < 4.78 is 25.7. The van der Waals surface area contributed by atoms with E-state index in [4.69, 9.17) is 4.99 Å². The van der Waals surface area contributed by atoms with Gasteiger partial charge in [0.15, 0.2) is 15.8 Å². The molecule has 3 rings (SSSR count). The molecule has 1 aliphatic rings. The highest BCUT2D eigenvalue weighted by atomic mass is 127. The zero-order valence-electron chi connectivity index (χ0n) is 17.2. The van der Waals surface area contributed by atoms with E-state index in [1.165, 1.54) is 5.56 Å². The Bertz CT molecular complexity index is 926. The molecule has 1 N–H and O–H groups in total. The molecule has 0 saturated carbocycles. The molecular weight excluding hydrogens is 501 g/mol. The van der Waals surface area contributed by atoms with Crippen molar-refractivity contribution in [3.05, 3.63) is 53.9 Å². The number of halogens is 1. The molecule has 1 aliphatic heterocycles. The minimum Gasteiger partial charge on any atom is -0.357 e. The SMILES string of the molecule is CCNC(=NCc1cccc(Cn2cccn2)c1)N1CCS(=O)(=O)C(C)(C)C1.I. The number of hydrogen-bond donors (Lipinski definition) is 1. The molecule has 0 aliphatic carbocycles. The second-order valence-electron chi connectivity index (χ2n) is 7.69. The van der Waals surface area contributed by atoms with Crippen LogP contribution < -0.4 is 5.32 Å². The third-order valence-corrected chi connectivity index (χ3v) is 7.52. The van der Waals surface area contributed by atoms with E-state index in [1.807, 2.05) is 29.9 Å². The number of nitrogens with zero attached hydrogens (tertiary/aromatic N) is 4. The average molecular weight is 531 g/mol. The lowest BCUT2D eigenvalue weighted by molar-refractivity contribution is 0.353. The lowest BCUT2D eigenvalue weighted by Crippen LogP contribution is -2.57. The minimum absolute atomic E-state index is 0. The smallest absolute Gasteiger partial charge is 0.194 e. The Balaban J connectivity index is 0.00000300. The lowest BCUT2D eigenvalue weighted by atomic mass is 10.1. The molecule has 7 nitrogen and oxygen atoms in total. The van der Waals surface area contributed by atoms with Crippen molar-refractivity contribution in [2.24, 2.45) is 4.99 Å². The molecule has 1 fully saturated rings. The lowest BCUT2D eigenvalue weighted by Gasteiger charge is -2.39. The van der Waals surface area contributed by atoms with Crippen molar-refractivity contribution in [2.45, 2.75) is 38.6 Å². The molecule has 0 amide bonds. The van der Waals surface area contributed by atoms with Crippen LogP contribution in [0.2, 0.25) is 0 Å². The molecule has 0 atom stereocenters. The van der Waals surface area contributed by atoms with Crippen molar-refractivity contribution in [2.75, 3.05) is 25.4 Å². The molecule has 1 aromatic carbocycles. The summed E-state index contributed by atoms with van der Waals surface area (Å²) in [5.74, 6) is 0.923. The van der Waals surface area contributed by atoms with Crippen LogP contribution >= 0.6 is 24.0 Å². The van der Waals surface area contributed by atoms with Crippen molar-refractivity contribution in [1.29, 1.82) is 0 Å². The Labute approximate surface area is 190 Å². The van der Waals surface area contributed by atoms with Crippen LogP contribution in [0.25, 0.3) is 0 Å². The highest BCUT2D eigenvalue weighted by molar-refractivity contribution is 14.0. The van der Waals surface area contributed by atoms with E-state index in [-0.39, 0.29) is 29.7 Å². The van der Waals surface area contributed by atoms with Gasteiger partial charge in [-0.15, -0.1) is 24.0 Å². The van der Waals surface area contributed by atoms with Crippen molar-refractivity contribution >= 4 is 39.8 Å². The molecule has 2 aromatic rings. The quantitative estimate of drug-likeness (QED) is 0.365. The van der Waals surface area contributed by atoms with Gasteiger partial charge in [0.2, 0.25) is 0 Å². The van der Waals surface area contributed by atoms with Crippen LogP contribution in [0.5, 0.6) is 0 Å². The maximum absolute atomic E-state index is 12.3. The maximum Gasteiger partial charge on any atom is 0.194 e. The van der Waals surface area contributed by atoms with Gasteiger partial charge < -0.3 is 10.2 Å². The van der Waals surface area contributed by atoms with E-state index in [2.05, 4.69) is 33.5 Å². The zero-order valence-corrected chi connectivity index (χ0v) is 20.4. The predicted octanol–water partition coefficient (Wildman–Crippen LogP) is 2.52. The number of aromatic nitrogens is 2. The van der Waals surface area contributed by atoms with Crippen LogP contribution in [0.15, 0.2) is 47.7 Å². The van der Waals surface area contributed by atoms with E-state index < -0.39 is 14.6 Å². The number of rotatable bonds is 5. The molecule has 0 unspecified atom stereocenters. The number of benzene rings is 1. The van der Waals surface area contributed by atoms with Gasteiger partial charge in [0.1, 0.15) is 0 Å². The summed E-state index contributed by atoms with van der Waals surface area (Å²) in [4.78, 5) is 6.83. The van der Waals surface area contributed by atoms with Crippen LogP contribution in [0.1, 0.15) is 31.9 Å². The fourth-order valence-corrected chi connectivity index (χ4v) is 4.69. The fraction of sp³-hybridized carbons (Fsp3) is 0.500. The number of guanidine groups is 1. The predicted molar refractivity (Wildman–Crippen MR) is 127 cm³/mol. The van der Waals surface area contributed by atoms with Crippen LogP contribution in [0.4, 0.5) is 0 Å². The zero-order chi connectivity index (χ0) is 20.2. The summed E-state index contributed by atoms with van der Waals surface area (Å²) in [6.45, 7) is 8.51. The Hall–Kier alpha value is -1.62. The van der Waals surface area contributed by atoms with E-state index in [1.54, 1.807) is 20.0 Å². The van der Waals surface area contributed by atoms with Gasteiger partial charge in [-0.25, -0.2) is 13.4 Å². The van der Waals surface area contributed by atoms with E-state index in [9.17, 15) is 8.42 Å². The summed E-state index contributed by atoms with van der Waals surface area (Å²) in [5, 5.41) is 7.56. The van der Waals surface area contributed by atoms with Crippen molar-refractivity contribution in [3.63, 3.8) is 0 Å². The van der Waals surface area contributed by atoms with Gasteiger partial charge in [-0.2, -0.15) is 5.10 Å². The highest BCUT2D eigenvalue weighted by Gasteiger charge is 2.40. The summed E-state index contributed by atoms with van der Waals surface area (Å²) in [6.07, 6.45) is 3.72. The van der Waals surface area contributed by atoms with Crippen LogP contribution in [-0.2, 0) is 22.9 Å². The Kier molecular flexibility index (Phi) is 8.10. The van der Waals surface area contributed by atoms with Gasteiger partial charge in [-0.3, -0.25) is 4.68 Å². The average Bonchev–Trinajstić information content (AvgIpc) is 3.14. The number of nitrogens with one attached hydrogen (secondary N) is 1. The van der Waals surface area contributed by atoms with Gasteiger partial charge in [-0.05, 0) is 38.0 Å². The molecule has 0 bridgehead atoms. The molecule has 29 heavy (non-hydrogen) atoms. The second-order valence-corrected chi connectivity index (χ2v) is 10.4. The van der Waals surface area contributed by atoms with Gasteiger partial charge in [-0.1, -0.05) is 24.3 Å². The number of hydrogen-bond acceptors (Lipinski definition) is 4. The summed E-state index contributed by atoms with van der Waals surface area (Å²) in [7, 11) is -3.07. The van der Waals surface area contributed by atoms with Gasteiger partial charge in [0.25, 0.3) is 0 Å². The molecule has 2 heterocycles. The minimum atomic E-state index is -3.07.